The van der Waals surface area contributed by atoms with Gasteiger partial charge in [0, 0.05) is 29.0 Å². The molecule has 1 aliphatic carbocycles. The van der Waals surface area contributed by atoms with Crippen LogP contribution in [-0.2, 0) is 14.3 Å². The molecule has 0 saturated heterocycles. The average Bonchev–Trinajstić information content (AvgIpc) is 3.29. The molecule has 146 valence electrons. The number of Topliss-reactive ketones (excluding diaryl/α,β-unsaturated/α-hetero) is 1. The van der Waals surface area contributed by atoms with Crippen LogP contribution in [0.15, 0.2) is 46.2 Å². The number of thiophene rings is 1. The van der Waals surface area contributed by atoms with Gasteiger partial charge in [0.15, 0.2) is 5.78 Å². The number of ether oxygens (including phenoxy) is 1. The Hall–Kier alpha value is -2.67. The van der Waals surface area contributed by atoms with Crippen LogP contribution in [0.2, 0.25) is 0 Å². The van der Waals surface area contributed by atoms with Crippen molar-refractivity contribution in [1.29, 1.82) is 0 Å². The van der Waals surface area contributed by atoms with Gasteiger partial charge in [0.05, 0.1) is 35.4 Å². The molecule has 0 unspecified atom stereocenters. The number of carbonyl (C=O) groups excluding carboxylic acids is 2. The Morgan fingerprint density at radius 2 is 2.14 bits per heavy atom. The summed E-state index contributed by atoms with van der Waals surface area (Å²) in [5.41, 5.74) is 4.28. The van der Waals surface area contributed by atoms with Crippen molar-refractivity contribution < 1.29 is 14.3 Å². The van der Waals surface area contributed by atoms with Crippen molar-refractivity contribution in [2.75, 3.05) is 7.11 Å². The minimum atomic E-state index is -0.497. The van der Waals surface area contributed by atoms with E-state index < -0.39 is 11.9 Å². The van der Waals surface area contributed by atoms with E-state index in [0.717, 1.165) is 33.9 Å². The predicted molar refractivity (Wildman–Crippen MR) is 108 cm³/mol. The van der Waals surface area contributed by atoms with E-state index in [2.05, 4.69) is 29.4 Å². The number of H-pyrrole nitrogens is 1. The Kier molecular flexibility index (Phi) is 4.50. The molecule has 6 nitrogen and oxygen atoms in total. The second kappa shape index (κ2) is 6.74. The van der Waals surface area contributed by atoms with Crippen LogP contribution in [0.4, 0.5) is 0 Å². The predicted octanol–water partition coefficient (Wildman–Crippen LogP) is 3.92. The van der Waals surface area contributed by atoms with E-state index in [9.17, 15) is 9.59 Å². The van der Waals surface area contributed by atoms with Crippen molar-refractivity contribution in [2.24, 2.45) is 5.41 Å². The molecule has 4 rings (SSSR count). The molecular formula is C21H23N3O3S. The highest BCUT2D eigenvalue weighted by molar-refractivity contribution is 7.13. The Bertz CT molecular complexity index is 1010. The van der Waals surface area contributed by atoms with Gasteiger partial charge in [0.25, 0.3) is 0 Å². The molecule has 3 heterocycles. The van der Waals surface area contributed by atoms with E-state index >= 15 is 0 Å². The van der Waals surface area contributed by atoms with Gasteiger partial charge in [-0.15, -0.1) is 11.3 Å². The molecule has 2 aromatic heterocycles. The number of nitrogens with one attached hydrogen (secondary N) is 2. The minimum absolute atomic E-state index is 0.0657. The summed E-state index contributed by atoms with van der Waals surface area (Å²) in [5.74, 6) is -0.864. The number of hydrogen-bond donors (Lipinski definition) is 2. The van der Waals surface area contributed by atoms with Gasteiger partial charge in [-0.05, 0) is 30.2 Å². The first-order valence-corrected chi connectivity index (χ1v) is 10.1. The average molecular weight is 398 g/mol. The fourth-order valence-corrected chi connectivity index (χ4v) is 5.00. The van der Waals surface area contributed by atoms with Gasteiger partial charge in [0.2, 0.25) is 0 Å². The van der Waals surface area contributed by atoms with Gasteiger partial charge in [-0.1, -0.05) is 19.9 Å². The van der Waals surface area contributed by atoms with Crippen LogP contribution in [0, 0.1) is 5.41 Å². The number of nitrogens with zero attached hydrogens (tertiary/aromatic N) is 1. The van der Waals surface area contributed by atoms with Crippen LogP contribution >= 0.6 is 11.3 Å². The van der Waals surface area contributed by atoms with Crippen LogP contribution in [0.1, 0.15) is 45.1 Å². The maximum atomic E-state index is 13.2. The third kappa shape index (κ3) is 2.99. The van der Waals surface area contributed by atoms with Crippen molar-refractivity contribution in [3.8, 4) is 10.6 Å². The summed E-state index contributed by atoms with van der Waals surface area (Å²) in [6, 6.07) is 3.96. The van der Waals surface area contributed by atoms with E-state index in [4.69, 9.17) is 4.74 Å². The smallest absolute Gasteiger partial charge is 0.336 e. The first kappa shape index (κ1) is 18.7. The van der Waals surface area contributed by atoms with Gasteiger partial charge >= 0.3 is 5.97 Å². The topological polar surface area (TPSA) is 84.1 Å². The lowest BCUT2D eigenvalue weighted by molar-refractivity contribution is -0.136. The Balaban J connectivity index is 1.93. The molecule has 0 saturated carbocycles. The van der Waals surface area contributed by atoms with E-state index in [-0.39, 0.29) is 11.2 Å². The second-order valence-electron chi connectivity index (χ2n) is 8.10. The maximum Gasteiger partial charge on any atom is 0.336 e. The first-order chi connectivity index (χ1) is 13.3. The molecule has 0 radical (unpaired) electrons. The van der Waals surface area contributed by atoms with Crippen LogP contribution < -0.4 is 5.32 Å². The Labute approximate surface area is 167 Å². The van der Waals surface area contributed by atoms with E-state index in [1.807, 2.05) is 24.4 Å². The molecule has 0 bridgehead atoms. The van der Waals surface area contributed by atoms with Gasteiger partial charge in [-0.25, -0.2) is 4.79 Å². The maximum absolute atomic E-state index is 13.2. The van der Waals surface area contributed by atoms with Gasteiger partial charge in [0.1, 0.15) is 0 Å². The number of dihydropyridines is 1. The molecule has 0 spiro atoms. The number of methoxy groups -OCH3 is 1. The summed E-state index contributed by atoms with van der Waals surface area (Å²) in [5, 5.41) is 12.6. The van der Waals surface area contributed by atoms with Crippen molar-refractivity contribution in [3.63, 3.8) is 0 Å². The van der Waals surface area contributed by atoms with Crippen LogP contribution in [-0.4, -0.2) is 29.1 Å². The molecule has 0 fully saturated rings. The number of rotatable bonds is 3. The summed E-state index contributed by atoms with van der Waals surface area (Å²) in [4.78, 5) is 26.9. The molecular weight excluding hydrogens is 374 g/mol. The number of aromatic nitrogens is 2. The number of hydrogen-bond acceptors (Lipinski definition) is 6. The fraction of sp³-hybridized carbons (Fsp3) is 0.381. The number of allylic oxidation sites excluding steroid dienone is 3. The summed E-state index contributed by atoms with van der Waals surface area (Å²) >= 11 is 1.58. The summed E-state index contributed by atoms with van der Waals surface area (Å²) in [6.07, 6.45) is 2.92. The van der Waals surface area contributed by atoms with Gasteiger partial charge < -0.3 is 10.1 Å². The number of carbonyl (C=O) groups is 2. The van der Waals surface area contributed by atoms with Crippen LogP contribution in [0.25, 0.3) is 10.6 Å². The molecule has 0 amide bonds. The first-order valence-electron chi connectivity index (χ1n) is 9.22. The third-order valence-corrected chi connectivity index (χ3v) is 6.28. The van der Waals surface area contributed by atoms with Gasteiger partial charge in [-0.3, -0.25) is 9.89 Å². The highest BCUT2D eigenvalue weighted by atomic mass is 32.1. The van der Waals surface area contributed by atoms with E-state index in [0.29, 0.717) is 17.6 Å². The normalized spacial score (nSPS) is 21.4. The molecule has 1 atom stereocenters. The highest BCUT2D eigenvalue weighted by Crippen LogP contribution is 2.48. The van der Waals surface area contributed by atoms with Crippen LogP contribution in [0.5, 0.6) is 0 Å². The lowest BCUT2D eigenvalue weighted by Gasteiger charge is -2.39. The van der Waals surface area contributed by atoms with Crippen molar-refractivity contribution >= 4 is 23.1 Å². The number of aromatic amines is 1. The summed E-state index contributed by atoms with van der Waals surface area (Å²) in [6.45, 7) is 6.05. The molecule has 2 N–H and O–H groups in total. The standard InChI is InChI=1S/C21H23N3O3S/c1-11-16(20(26)27-4)17(12-10-22-24-19(12)15-6-5-7-28-15)18-13(23-11)8-21(2,3)9-14(18)25/h5-7,10,17,23H,8-9H2,1-4H3,(H,22,24)/t17-/m0/s1. The number of esters is 1. The molecule has 28 heavy (non-hydrogen) atoms. The van der Waals surface area contributed by atoms with Crippen molar-refractivity contribution in [1.82, 2.24) is 15.5 Å². The zero-order valence-electron chi connectivity index (χ0n) is 16.4. The zero-order valence-corrected chi connectivity index (χ0v) is 17.2. The largest absolute Gasteiger partial charge is 0.466 e. The Morgan fingerprint density at radius 1 is 1.36 bits per heavy atom. The lowest BCUT2D eigenvalue weighted by atomic mass is 9.68. The SMILES string of the molecule is COC(=O)C1=C(C)NC2=C(C(=O)CC(C)(C)C2)[C@H]1c1cn[nH]c1-c1cccs1. The number of ketones is 1. The van der Waals surface area contributed by atoms with Crippen LogP contribution in [0.3, 0.4) is 0 Å². The summed E-state index contributed by atoms with van der Waals surface area (Å²) < 4.78 is 5.08. The fourth-order valence-electron chi connectivity index (χ4n) is 4.26. The quantitative estimate of drug-likeness (QED) is 0.767. The molecule has 7 heteroatoms. The minimum Gasteiger partial charge on any atom is -0.466 e. The molecule has 2 aliphatic rings. The third-order valence-electron chi connectivity index (χ3n) is 5.39. The van der Waals surface area contributed by atoms with Crippen molar-refractivity contribution in [2.45, 2.75) is 39.5 Å². The summed E-state index contributed by atoms with van der Waals surface area (Å²) in [7, 11) is 1.37. The molecule has 1 aliphatic heterocycles. The van der Waals surface area contributed by atoms with E-state index in [1.165, 1.54) is 7.11 Å². The highest BCUT2D eigenvalue weighted by Gasteiger charge is 2.44. The Morgan fingerprint density at radius 3 is 2.82 bits per heavy atom. The second-order valence-corrected chi connectivity index (χ2v) is 9.05. The molecule has 0 aromatic carbocycles. The molecule has 2 aromatic rings. The van der Waals surface area contributed by atoms with Crippen molar-refractivity contribution in [3.05, 3.63) is 51.8 Å². The van der Waals surface area contributed by atoms with Gasteiger partial charge in [-0.2, -0.15) is 5.10 Å². The monoisotopic (exact) mass is 397 g/mol. The lowest BCUT2D eigenvalue weighted by Crippen LogP contribution is -2.38. The zero-order chi connectivity index (χ0) is 20.1. The van der Waals surface area contributed by atoms with E-state index in [1.54, 1.807) is 17.5 Å².